The maximum Gasteiger partial charge on any atom is 0.179 e. The molecule has 2 aromatic carbocycles. The van der Waals surface area contributed by atoms with Gasteiger partial charge in [-0.15, -0.1) is 0 Å². The minimum Gasteiger partial charge on any atom is -0.309 e. The maximum atomic E-state index is 12.3. The predicted octanol–water partition coefficient (Wildman–Crippen LogP) is 4.70. The minimum atomic E-state index is -3.26. The van der Waals surface area contributed by atoms with Crippen molar-refractivity contribution in [2.75, 3.05) is 12.3 Å². The fourth-order valence-corrected chi connectivity index (χ4v) is 3.89. The van der Waals surface area contributed by atoms with Crippen molar-refractivity contribution >= 4 is 25.8 Å². The van der Waals surface area contributed by atoms with E-state index >= 15 is 0 Å². The van der Waals surface area contributed by atoms with Gasteiger partial charge in [0.25, 0.3) is 0 Å². The van der Waals surface area contributed by atoms with Gasteiger partial charge in [0.2, 0.25) is 0 Å². The van der Waals surface area contributed by atoms with Crippen molar-refractivity contribution in [1.29, 1.82) is 0 Å². The van der Waals surface area contributed by atoms with Crippen molar-refractivity contribution in [1.82, 2.24) is 5.32 Å². The van der Waals surface area contributed by atoms with E-state index in [0.29, 0.717) is 17.4 Å². The zero-order valence-electron chi connectivity index (χ0n) is 14.3. The quantitative estimate of drug-likeness (QED) is 0.720. The van der Waals surface area contributed by atoms with E-state index in [1.54, 1.807) is 24.3 Å². The van der Waals surface area contributed by atoms with E-state index in [9.17, 15) is 8.42 Å². The number of hydrogen-bond acceptors (Lipinski definition) is 3. The average Bonchev–Trinajstić information content (AvgIpc) is 2.55. The number of hydrogen-bond donors (Lipinski definition) is 1. The first kappa shape index (κ1) is 19.2. The van der Waals surface area contributed by atoms with Crippen LogP contribution in [0.2, 0.25) is 0 Å². The second-order valence-electron chi connectivity index (χ2n) is 6.27. The van der Waals surface area contributed by atoms with Gasteiger partial charge >= 0.3 is 0 Å². The number of halogens is 1. The van der Waals surface area contributed by atoms with E-state index in [1.807, 2.05) is 0 Å². The van der Waals surface area contributed by atoms with Gasteiger partial charge in [-0.05, 0) is 48.2 Å². The largest absolute Gasteiger partial charge is 0.309 e. The van der Waals surface area contributed by atoms with Crippen LogP contribution in [0.5, 0.6) is 0 Å². The Bertz CT molecular complexity index is 753. The standard InChI is InChI=1S/C19H24BrNO2S/c1-14(2)16-4-6-17(7-5-16)15(3)21-12-13-24(22,23)19-10-8-18(20)9-11-19/h4-11,14-15,21H,12-13H2,1-3H3/t15-/m1/s1. The van der Waals surface area contributed by atoms with Crippen LogP contribution in [0.3, 0.4) is 0 Å². The third kappa shape index (κ3) is 5.16. The van der Waals surface area contributed by atoms with Gasteiger partial charge in [-0.3, -0.25) is 0 Å². The van der Waals surface area contributed by atoms with Crippen LogP contribution in [0.15, 0.2) is 57.9 Å². The molecule has 1 atom stereocenters. The molecule has 0 aliphatic carbocycles. The molecule has 0 heterocycles. The lowest BCUT2D eigenvalue weighted by Gasteiger charge is -2.15. The molecule has 0 unspecified atom stereocenters. The van der Waals surface area contributed by atoms with E-state index in [0.717, 1.165) is 4.47 Å². The van der Waals surface area contributed by atoms with Crippen molar-refractivity contribution in [3.63, 3.8) is 0 Å². The molecule has 0 saturated heterocycles. The topological polar surface area (TPSA) is 46.2 Å². The third-order valence-corrected chi connectivity index (χ3v) is 6.36. The molecule has 0 fully saturated rings. The maximum absolute atomic E-state index is 12.3. The summed E-state index contributed by atoms with van der Waals surface area (Å²) in [4.78, 5) is 0.362. The van der Waals surface area contributed by atoms with Gasteiger partial charge in [0, 0.05) is 17.1 Å². The first-order valence-electron chi connectivity index (χ1n) is 8.11. The Morgan fingerprint density at radius 2 is 1.46 bits per heavy atom. The van der Waals surface area contributed by atoms with Crippen LogP contribution in [0.4, 0.5) is 0 Å². The molecule has 1 N–H and O–H groups in total. The molecule has 24 heavy (non-hydrogen) atoms. The van der Waals surface area contributed by atoms with Crippen molar-refractivity contribution in [2.45, 2.75) is 37.6 Å². The van der Waals surface area contributed by atoms with E-state index in [-0.39, 0.29) is 11.8 Å². The van der Waals surface area contributed by atoms with Crippen LogP contribution in [-0.2, 0) is 9.84 Å². The molecule has 0 radical (unpaired) electrons. The lowest BCUT2D eigenvalue weighted by Crippen LogP contribution is -2.25. The number of rotatable bonds is 7. The molecule has 0 aliphatic rings. The summed E-state index contributed by atoms with van der Waals surface area (Å²) in [6.45, 7) is 6.81. The first-order chi connectivity index (χ1) is 11.3. The molecule has 0 amide bonds. The molecule has 0 aliphatic heterocycles. The molecule has 2 rings (SSSR count). The normalized spacial score (nSPS) is 13.2. The van der Waals surface area contributed by atoms with Gasteiger partial charge in [-0.1, -0.05) is 54.0 Å². The zero-order chi connectivity index (χ0) is 17.7. The van der Waals surface area contributed by atoms with Crippen LogP contribution in [-0.4, -0.2) is 20.7 Å². The van der Waals surface area contributed by atoms with Crippen molar-refractivity contribution < 1.29 is 8.42 Å². The molecule has 130 valence electrons. The van der Waals surface area contributed by atoms with E-state index in [1.165, 1.54) is 11.1 Å². The summed E-state index contributed by atoms with van der Waals surface area (Å²) in [6, 6.07) is 15.4. The molecule has 0 bridgehead atoms. The van der Waals surface area contributed by atoms with Gasteiger partial charge in [0.15, 0.2) is 9.84 Å². The van der Waals surface area contributed by atoms with E-state index in [2.05, 4.69) is 66.3 Å². The fourth-order valence-electron chi connectivity index (χ4n) is 2.46. The molecule has 3 nitrogen and oxygen atoms in total. The Kier molecular flexibility index (Phi) is 6.61. The van der Waals surface area contributed by atoms with Gasteiger partial charge in [-0.2, -0.15) is 0 Å². The summed E-state index contributed by atoms with van der Waals surface area (Å²) in [5.41, 5.74) is 2.48. The fraction of sp³-hybridized carbons (Fsp3) is 0.368. The van der Waals surface area contributed by atoms with Gasteiger partial charge in [0.05, 0.1) is 10.6 Å². The molecular formula is C19H24BrNO2S. The highest BCUT2D eigenvalue weighted by Gasteiger charge is 2.15. The first-order valence-corrected chi connectivity index (χ1v) is 10.6. The van der Waals surface area contributed by atoms with Crippen LogP contribution >= 0.6 is 15.9 Å². The lowest BCUT2D eigenvalue weighted by molar-refractivity contribution is 0.572. The van der Waals surface area contributed by atoms with E-state index < -0.39 is 9.84 Å². The zero-order valence-corrected chi connectivity index (χ0v) is 16.7. The molecule has 0 aromatic heterocycles. The van der Waals surface area contributed by atoms with Crippen molar-refractivity contribution in [3.05, 3.63) is 64.1 Å². The minimum absolute atomic E-state index is 0.0864. The van der Waals surface area contributed by atoms with Crippen molar-refractivity contribution in [2.24, 2.45) is 0 Å². The predicted molar refractivity (Wildman–Crippen MR) is 103 cm³/mol. The number of sulfone groups is 1. The molecule has 0 spiro atoms. The van der Waals surface area contributed by atoms with Gasteiger partial charge < -0.3 is 5.32 Å². The molecule has 0 saturated carbocycles. The summed E-state index contributed by atoms with van der Waals surface area (Å²) in [5.74, 6) is 0.599. The number of nitrogens with one attached hydrogen (secondary N) is 1. The molecular weight excluding hydrogens is 386 g/mol. The molecule has 2 aromatic rings. The third-order valence-electron chi connectivity index (χ3n) is 4.10. The smallest absolute Gasteiger partial charge is 0.179 e. The van der Waals surface area contributed by atoms with Crippen LogP contribution < -0.4 is 5.32 Å². The summed E-state index contributed by atoms with van der Waals surface area (Å²) < 4.78 is 25.5. The monoisotopic (exact) mass is 409 g/mol. The van der Waals surface area contributed by atoms with E-state index in [4.69, 9.17) is 0 Å². The Labute approximate surface area is 153 Å². The Morgan fingerprint density at radius 1 is 0.917 bits per heavy atom. The highest BCUT2D eigenvalue weighted by molar-refractivity contribution is 9.10. The Hall–Kier alpha value is -1.17. The van der Waals surface area contributed by atoms with Crippen LogP contribution in [0.25, 0.3) is 0 Å². The molecule has 5 heteroatoms. The summed E-state index contributed by atoms with van der Waals surface area (Å²) in [5, 5.41) is 3.30. The van der Waals surface area contributed by atoms with Crippen molar-refractivity contribution in [3.8, 4) is 0 Å². The highest BCUT2D eigenvalue weighted by Crippen LogP contribution is 2.19. The van der Waals surface area contributed by atoms with Gasteiger partial charge in [0.1, 0.15) is 0 Å². The second kappa shape index (κ2) is 8.28. The average molecular weight is 410 g/mol. The second-order valence-corrected chi connectivity index (χ2v) is 9.29. The summed E-state index contributed by atoms with van der Waals surface area (Å²) in [6.07, 6.45) is 0. The number of benzene rings is 2. The summed E-state index contributed by atoms with van der Waals surface area (Å²) >= 11 is 3.32. The highest BCUT2D eigenvalue weighted by atomic mass is 79.9. The Morgan fingerprint density at radius 3 is 2.00 bits per heavy atom. The SMILES string of the molecule is CC(C)c1ccc([C@@H](C)NCCS(=O)(=O)c2ccc(Br)cc2)cc1. The van der Waals surface area contributed by atoms with Crippen LogP contribution in [0, 0.1) is 0 Å². The lowest BCUT2D eigenvalue weighted by atomic mass is 10.00. The van der Waals surface area contributed by atoms with Crippen LogP contribution in [0.1, 0.15) is 43.9 Å². The van der Waals surface area contributed by atoms with Gasteiger partial charge in [-0.25, -0.2) is 8.42 Å². The summed E-state index contributed by atoms with van der Waals surface area (Å²) in [7, 11) is -3.26. The Balaban J connectivity index is 1.92.